The molecule has 0 saturated carbocycles. The molecule has 0 spiro atoms. The summed E-state index contributed by atoms with van der Waals surface area (Å²) in [6, 6.07) is 7.46. The zero-order valence-corrected chi connectivity index (χ0v) is 12.5. The first-order valence-corrected chi connectivity index (χ1v) is 7.44. The SMILES string of the molecule is CN(C)C(=O)C1CCCN1C(=O)C1Cc2ccccc2N1. The number of carbonyl (C=O) groups excluding carboxylic acids is 2. The van der Waals surface area contributed by atoms with Crippen molar-refractivity contribution in [2.75, 3.05) is 26.0 Å². The average Bonchev–Trinajstić information content (AvgIpc) is 3.11. The first-order valence-electron chi connectivity index (χ1n) is 7.44. The molecular formula is C16H21N3O2. The molecule has 2 amide bonds. The topological polar surface area (TPSA) is 52.7 Å². The van der Waals surface area contributed by atoms with Crippen LogP contribution in [0, 0.1) is 0 Å². The van der Waals surface area contributed by atoms with Crippen molar-refractivity contribution >= 4 is 17.5 Å². The number of fused-ring (bicyclic) bond motifs is 1. The Kier molecular flexibility index (Phi) is 3.57. The number of carbonyl (C=O) groups is 2. The van der Waals surface area contributed by atoms with Crippen LogP contribution in [0.1, 0.15) is 18.4 Å². The Labute approximate surface area is 124 Å². The highest BCUT2D eigenvalue weighted by Crippen LogP contribution is 2.28. The van der Waals surface area contributed by atoms with E-state index >= 15 is 0 Å². The van der Waals surface area contributed by atoms with E-state index in [4.69, 9.17) is 0 Å². The van der Waals surface area contributed by atoms with E-state index in [1.54, 1.807) is 23.9 Å². The number of likely N-dealkylation sites (N-methyl/N-ethyl adjacent to an activating group) is 1. The molecule has 1 saturated heterocycles. The van der Waals surface area contributed by atoms with Gasteiger partial charge >= 0.3 is 0 Å². The number of hydrogen-bond acceptors (Lipinski definition) is 3. The average molecular weight is 287 g/mol. The summed E-state index contributed by atoms with van der Waals surface area (Å²) in [4.78, 5) is 28.3. The Morgan fingerprint density at radius 1 is 1.29 bits per heavy atom. The van der Waals surface area contributed by atoms with Crippen molar-refractivity contribution in [2.45, 2.75) is 31.3 Å². The summed E-state index contributed by atoms with van der Waals surface area (Å²) in [7, 11) is 3.49. The van der Waals surface area contributed by atoms with Crippen LogP contribution in [0.2, 0.25) is 0 Å². The molecule has 0 aromatic heterocycles. The van der Waals surface area contributed by atoms with Gasteiger partial charge < -0.3 is 15.1 Å². The van der Waals surface area contributed by atoms with Crippen molar-refractivity contribution < 1.29 is 9.59 Å². The van der Waals surface area contributed by atoms with Gasteiger partial charge in [0.05, 0.1) is 0 Å². The largest absolute Gasteiger partial charge is 0.373 e. The van der Waals surface area contributed by atoms with Gasteiger partial charge in [-0.1, -0.05) is 18.2 Å². The van der Waals surface area contributed by atoms with E-state index in [1.807, 2.05) is 24.3 Å². The summed E-state index contributed by atoms with van der Waals surface area (Å²) in [5, 5.41) is 3.28. The van der Waals surface area contributed by atoms with E-state index in [9.17, 15) is 9.59 Å². The van der Waals surface area contributed by atoms with Gasteiger partial charge in [0.1, 0.15) is 12.1 Å². The third kappa shape index (κ3) is 2.48. The summed E-state index contributed by atoms with van der Waals surface area (Å²) in [5.41, 5.74) is 2.20. The second kappa shape index (κ2) is 5.39. The lowest BCUT2D eigenvalue weighted by atomic mass is 10.1. The summed E-state index contributed by atoms with van der Waals surface area (Å²) in [6.07, 6.45) is 2.37. The van der Waals surface area contributed by atoms with Gasteiger partial charge in [-0.3, -0.25) is 9.59 Å². The number of hydrogen-bond donors (Lipinski definition) is 1. The third-order valence-electron chi connectivity index (χ3n) is 4.33. The fourth-order valence-electron chi connectivity index (χ4n) is 3.23. The maximum atomic E-state index is 12.7. The van der Waals surface area contributed by atoms with Crippen LogP contribution in [0.15, 0.2) is 24.3 Å². The van der Waals surface area contributed by atoms with Crippen LogP contribution in [-0.2, 0) is 16.0 Å². The van der Waals surface area contributed by atoms with Crippen molar-refractivity contribution in [1.29, 1.82) is 0 Å². The predicted molar refractivity (Wildman–Crippen MR) is 81.0 cm³/mol. The van der Waals surface area contributed by atoms with Gasteiger partial charge in [0.25, 0.3) is 0 Å². The molecule has 1 N–H and O–H groups in total. The van der Waals surface area contributed by atoms with E-state index in [0.717, 1.165) is 18.5 Å². The van der Waals surface area contributed by atoms with E-state index < -0.39 is 0 Å². The third-order valence-corrected chi connectivity index (χ3v) is 4.33. The van der Waals surface area contributed by atoms with E-state index in [2.05, 4.69) is 5.32 Å². The zero-order valence-electron chi connectivity index (χ0n) is 12.5. The molecule has 1 aromatic rings. The van der Waals surface area contributed by atoms with Crippen molar-refractivity contribution in [3.63, 3.8) is 0 Å². The van der Waals surface area contributed by atoms with Crippen molar-refractivity contribution in [3.8, 4) is 0 Å². The number of nitrogens with one attached hydrogen (secondary N) is 1. The Bertz CT molecular complexity index is 545. The number of rotatable bonds is 2. The van der Waals surface area contributed by atoms with Gasteiger partial charge in [-0.2, -0.15) is 0 Å². The number of para-hydroxylation sites is 1. The number of likely N-dealkylation sites (tertiary alicyclic amines) is 1. The number of amides is 2. The normalized spacial score (nSPS) is 23.6. The van der Waals surface area contributed by atoms with E-state index in [-0.39, 0.29) is 23.9 Å². The monoisotopic (exact) mass is 287 g/mol. The van der Waals surface area contributed by atoms with Crippen molar-refractivity contribution in [3.05, 3.63) is 29.8 Å². The molecule has 0 radical (unpaired) electrons. The van der Waals surface area contributed by atoms with Gasteiger partial charge in [0, 0.05) is 32.7 Å². The summed E-state index contributed by atoms with van der Waals surface area (Å²) in [5.74, 6) is 0.0697. The van der Waals surface area contributed by atoms with Gasteiger partial charge in [-0.05, 0) is 24.5 Å². The summed E-state index contributed by atoms with van der Waals surface area (Å²) >= 11 is 0. The van der Waals surface area contributed by atoms with Gasteiger partial charge in [0.15, 0.2) is 0 Å². The smallest absolute Gasteiger partial charge is 0.246 e. The molecule has 0 bridgehead atoms. The second-order valence-corrected chi connectivity index (χ2v) is 5.98. The number of benzene rings is 1. The van der Waals surface area contributed by atoms with Gasteiger partial charge in [0.2, 0.25) is 11.8 Å². The Hall–Kier alpha value is -2.04. The van der Waals surface area contributed by atoms with Crippen molar-refractivity contribution in [1.82, 2.24) is 9.80 Å². The molecule has 2 heterocycles. The molecule has 2 aliphatic heterocycles. The quantitative estimate of drug-likeness (QED) is 0.886. The van der Waals surface area contributed by atoms with Crippen LogP contribution in [0.4, 0.5) is 5.69 Å². The van der Waals surface area contributed by atoms with Crippen LogP contribution in [0.25, 0.3) is 0 Å². The molecule has 2 unspecified atom stereocenters. The van der Waals surface area contributed by atoms with Gasteiger partial charge in [-0.25, -0.2) is 0 Å². The molecule has 112 valence electrons. The highest BCUT2D eigenvalue weighted by molar-refractivity contribution is 5.92. The molecule has 5 nitrogen and oxygen atoms in total. The zero-order chi connectivity index (χ0) is 15.0. The van der Waals surface area contributed by atoms with Crippen LogP contribution in [-0.4, -0.2) is 54.3 Å². The lowest BCUT2D eigenvalue weighted by molar-refractivity contribution is -0.142. The minimum atomic E-state index is -0.294. The predicted octanol–water partition coefficient (Wildman–Crippen LogP) is 1.10. The maximum Gasteiger partial charge on any atom is 0.246 e. The molecule has 0 aliphatic carbocycles. The molecule has 3 rings (SSSR count). The molecule has 1 aromatic carbocycles. The lowest BCUT2D eigenvalue weighted by Crippen LogP contribution is -2.50. The van der Waals surface area contributed by atoms with Crippen LogP contribution in [0.3, 0.4) is 0 Å². The van der Waals surface area contributed by atoms with E-state index in [0.29, 0.717) is 13.0 Å². The molecule has 5 heteroatoms. The summed E-state index contributed by atoms with van der Waals surface area (Å²) < 4.78 is 0. The fourth-order valence-corrected chi connectivity index (χ4v) is 3.23. The Morgan fingerprint density at radius 2 is 2.05 bits per heavy atom. The summed E-state index contributed by atoms with van der Waals surface area (Å²) in [6.45, 7) is 0.678. The fraction of sp³-hybridized carbons (Fsp3) is 0.500. The molecule has 1 fully saturated rings. The van der Waals surface area contributed by atoms with Crippen molar-refractivity contribution in [2.24, 2.45) is 0 Å². The van der Waals surface area contributed by atoms with Crippen LogP contribution < -0.4 is 5.32 Å². The Balaban J connectivity index is 1.73. The highest BCUT2D eigenvalue weighted by Gasteiger charge is 2.39. The molecule has 2 aliphatic rings. The maximum absolute atomic E-state index is 12.7. The lowest BCUT2D eigenvalue weighted by Gasteiger charge is -2.28. The highest BCUT2D eigenvalue weighted by atomic mass is 16.2. The second-order valence-electron chi connectivity index (χ2n) is 5.98. The Morgan fingerprint density at radius 3 is 2.76 bits per heavy atom. The van der Waals surface area contributed by atoms with Crippen LogP contribution in [0.5, 0.6) is 0 Å². The first-order chi connectivity index (χ1) is 10.1. The standard InChI is InChI=1S/C16H21N3O2/c1-18(2)16(21)14-8-5-9-19(14)15(20)13-10-11-6-3-4-7-12(11)17-13/h3-4,6-7,13-14,17H,5,8-10H2,1-2H3. The number of anilines is 1. The van der Waals surface area contributed by atoms with Gasteiger partial charge in [-0.15, -0.1) is 0 Å². The molecular weight excluding hydrogens is 266 g/mol. The minimum absolute atomic E-state index is 0.0244. The first kappa shape index (κ1) is 13.9. The van der Waals surface area contributed by atoms with Crippen LogP contribution >= 0.6 is 0 Å². The molecule has 21 heavy (non-hydrogen) atoms. The molecule has 2 atom stereocenters. The van der Waals surface area contributed by atoms with E-state index in [1.165, 1.54) is 5.56 Å². The minimum Gasteiger partial charge on any atom is -0.373 e. The number of nitrogens with zero attached hydrogens (tertiary/aromatic N) is 2.